The van der Waals surface area contributed by atoms with Gasteiger partial charge in [-0.2, -0.15) is 13.2 Å². The number of carbonyl (C=O) groups is 1. The van der Waals surface area contributed by atoms with Crippen LogP contribution in [0.1, 0.15) is 18.1 Å². The first-order valence-electron chi connectivity index (χ1n) is 4.70. The molecule has 0 bridgehead atoms. The molecule has 0 radical (unpaired) electrons. The summed E-state index contributed by atoms with van der Waals surface area (Å²) in [5.74, 6) is -1.93. The van der Waals surface area contributed by atoms with Crippen molar-refractivity contribution in [3.05, 3.63) is 35.4 Å². The maximum absolute atomic E-state index is 12.6. The van der Waals surface area contributed by atoms with Crippen LogP contribution in [0.2, 0.25) is 0 Å². The number of hydrogen-bond acceptors (Lipinski definition) is 1. The lowest BCUT2D eigenvalue weighted by molar-refractivity contribution is -0.142. The van der Waals surface area contributed by atoms with E-state index in [0.717, 1.165) is 6.07 Å². The highest BCUT2D eigenvalue weighted by atomic mass is 19.4. The molecule has 0 aliphatic heterocycles. The molecular formula is C11H11F3O2. The van der Waals surface area contributed by atoms with Crippen molar-refractivity contribution >= 4 is 5.97 Å². The van der Waals surface area contributed by atoms with Gasteiger partial charge in [-0.15, -0.1) is 0 Å². The Hall–Kier alpha value is -1.52. The van der Waals surface area contributed by atoms with Gasteiger partial charge in [-0.05, 0) is 18.1 Å². The summed E-state index contributed by atoms with van der Waals surface area (Å²) >= 11 is 0. The second kappa shape index (κ2) is 4.55. The minimum absolute atomic E-state index is 0.0184. The zero-order valence-electron chi connectivity index (χ0n) is 8.58. The van der Waals surface area contributed by atoms with Crippen molar-refractivity contribution in [1.29, 1.82) is 0 Å². The monoisotopic (exact) mass is 232 g/mol. The fraction of sp³-hybridized carbons (Fsp3) is 0.364. The molecule has 88 valence electrons. The molecule has 1 aromatic rings. The predicted octanol–water partition coefficient (Wildman–Crippen LogP) is 2.97. The lowest BCUT2D eigenvalue weighted by Gasteiger charge is -2.14. The third-order valence-corrected chi connectivity index (χ3v) is 2.27. The van der Waals surface area contributed by atoms with Gasteiger partial charge in [0.2, 0.25) is 0 Å². The third kappa shape index (κ3) is 2.98. The molecule has 1 rings (SSSR count). The molecular weight excluding hydrogens is 221 g/mol. The predicted molar refractivity (Wildman–Crippen MR) is 51.9 cm³/mol. The van der Waals surface area contributed by atoms with Gasteiger partial charge in [-0.3, -0.25) is 4.79 Å². The van der Waals surface area contributed by atoms with Crippen molar-refractivity contribution in [2.75, 3.05) is 0 Å². The summed E-state index contributed by atoms with van der Waals surface area (Å²) in [5, 5.41) is 8.66. The van der Waals surface area contributed by atoms with Crippen LogP contribution in [0, 0.1) is 5.92 Å². The van der Waals surface area contributed by atoms with Crippen LogP contribution in [0.3, 0.4) is 0 Å². The van der Waals surface area contributed by atoms with Crippen LogP contribution < -0.4 is 0 Å². The smallest absolute Gasteiger partial charge is 0.416 e. The fourth-order valence-electron chi connectivity index (χ4n) is 1.39. The minimum Gasteiger partial charge on any atom is -0.481 e. The standard InChI is InChI=1S/C11H11F3O2/c1-7(10(15)16)6-8-4-2-3-5-9(8)11(12,13)14/h2-5,7H,6H2,1H3,(H,15,16)/t7-/m1/s1. The number of benzene rings is 1. The molecule has 0 aromatic heterocycles. The van der Waals surface area contributed by atoms with Crippen LogP contribution >= 0.6 is 0 Å². The molecule has 1 atom stereocenters. The van der Waals surface area contributed by atoms with Crippen molar-refractivity contribution in [2.24, 2.45) is 5.92 Å². The van der Waals surface area contributed by atoms with Crippen molar-refractivity contribution in [3.8, 4) is 0 Å². The summed E-state index contributed by atoms with van der Waals surface area (Å²) in [6.45, 7) is 1.38. The molecule has 1 N–H and O–H groups in total. The number of aliphatic carboxylic acids is 1. The van der Waals surface area contributed by atoms with Crippen LogP contribution in [0.15, 0.2) is 24.3 Å². The topological polar surface area (TPSA) is 37.3 Å². The molecule has 0 saturated carbocycles. The van der Waals surface area contributed by atoms with E-state index in [0.29, 0.717) is 0 Å². The highest BCUT2D eigenvalue weighted by Gasteiger charge is 2.33. The van der Waals surface area contributed by atoms with Crippen molar-refractivity contribution in [3.63, 3.8) is 0 Å². The van der Waals surface area contributed by atoms with Gasteiger partial charge in [0.25, 0.3) is 0 Å². The lowest BCUT2D eigenvalue weighted by Crippen LogP contribution is -2.16. The number of rotatable bonds is 3. The summed E-state index contributed by atoms with van der Waals surface area (Å²) in [6.07, 6.45) is -4.56. The van der Waals surface area contributed by atoms with Gasteiger partial charge in [0.15, 0.2) is 0 Å². The number of alkyl halides is 3. The van der Waals surface area contributed by atoms with Crippen LogP contribution in [0.5, 0.6) is 0 Å². The molecule has 5 heteroatoms. The maximum Gasteiger partial charge on any atom is 0.416 e. The van der Waals surface area contributed by atoms with E-state index in [1.54, 1.807) is 0 Å². The molecule has 0 spiro atoms. The van der Waals surface area contributed by atoms with Crippen molar-refractivity contribution < 1.29 is 23.1 Å². The Bertz CT molecular complexity index is 385. The maximum atomic E-state index is 12.6. The number of carboxylic acids is 1. The van der Waals surface area contributed by atoms with Crippen LogP contribution in [0.4, 0.5) is 13.2 Å². The Morgan fingerprint density at radius 1 is 1.38 bits per heavy atom. The first kappa shape index (κ1) is 12.5. The summed E-state index contributed by atoms with van der Waals surface area (Å²) < 4.78 is 37.7. The van der Waals surface area contributed by atoms with Gasteiger partial charge < -0.3 is 5.11 Å². The Morgan fingerprint density at radius 2 is 1.94 bits per heavy atom. The number of carboxylic acid groups (broad SMARTS) is 1. The Morgan fingerprint density at radius 3 is 2.44 bits per heavy atom. The van der Waals surface area contributed by atoms with Gasteiger partial charge in [0, 0.05) is 0 Å². The quantitative estimate of drug-likeness (QED) is 0.869. The average Bonchev–Trinajstić information content (AvgIpc) is 2.16. The zero-order chi connectivity index (χ0) is 12.3. The summed E-state index contributed by atoms with van der Waals surface area (Å²) in [5.41, 5.74) is -0.743. The van der Waals surface area contributed by atoms with Gasteiger partial charge in [-0.25, -0.2) is 0 Å². The second-order valence-corrected chi connectivity index (χ2v) is 3.60. The summed E-state index contributed by atoms with van der Waals surface area (Å²) in [7, 11) is 0. The third-order valence-electron chi connectivity index (χ3n) is 2.27. The van der Waals surface area contributed by atoms with Crippen LogP contribution in [-0.2, 0) is 17.4 Å². The van der Waals surface area contributed by atoms with Gasteiger partial charge >= 0.3 is 12.1 Å². The van der Waals surface area contributed by atoms with E-state index >= 15 is 0 Å². The van der Waals surface area contributed by atoms with Crippen molar-refractivity contribution in [2.45, 2.75) is 19.5 Å². The van der Waals surface area contributed by atoms with Gasteiger partial charge in [-0.1, -0.05) is 25.1 Å². The second-order valence-electron chi connectivity index (χ2n) is 3.60. The Labute approximate surface area is 90.7 Å². The molecule has 0 aliphatic rings. The molecule has 0 amide bonds. The van der Waals surface area contributed by atoms with E-state index in [1.807, 2.05) is 0 Å². The van der Waals surface area contributed by atoms with E-state index in [9.17, 15) is 18.0 Å². The minimum atomic E-state index is -4.44. The number of halogens is 3. The van der Waals surface area contributed by atoms with E-state index in [4.69, 9.17) is 5.11 Å². The molecule has 2 nitrogen and oxygen atoms in total. The lowest BCUT2D eigenvalue weighted by atomic mass is 9.97. The largest absolute Gasteiger partial charge is 0.481 e. The van der Waals surface area contributed by atoms with Gasteiger partial charge in [0.1, 0.15) is 0 Å². The molecule has 1 aromatic carbocycles. The van der Waals surface area contributed by atoms with E-state index in [2.05, 4.69) is 0 Å². The summed E-state index contributed by atoms with van der Waals surface area (Å²) in [6, 6.07) is 5.03. The fourth-order valence-corrected chi connectivity index (χ4v) is 1.39. The first-order chi connectivity index (χ1) is 7.32. The molecule has 0 unspecified atom stereocenters. The van der Waals surface area contributed by atoms with Crippen LogP contribution in [0.25, 0.3) is 0 Å². The highest BCUT2D eigenvalue weighted by Crippen LogP contribution is 2.32. The van der Waals surface area contributed by atoms with Crippen molar-refractivity contribution in [1.82, 2.24) is 0 Å². The molecule has 0 heterocycles. The van der Waals surface area contributed by atoms with E-state index in [1.165, 1.54) is 25.1 Å². The number of hydrogen-bond donors (Lipinski definition) is 1. The molecule has 0 aliphatic carbocycles. The summed E-state index contributed by atoms with van der Waals surface area (Å²) in [4.78, 5) is 10.6. The normalized spacial score (nSPS) is 13.5. The molecule has 0 fully saturated rings. The molecule has 0 saturated heterocycles. The molecule has 16 heavy (non-hydrogen) atoms. The Balaban J connectivity index is 3.01. The van der Waals surface area contributed by atoms with Crippen LogP contribution in [-0.4, -0.2) is 11.1 Å². The average molecular weight is 232 g/mol. The zero-order valence-corrected chi connectivity index (χ0v) is 8.58. The van der Waals surface area contributed by atoms with Gasteiger partial charge in [0.05, 0.1) is 11.5 Å². The van der Waals surface area contributed by atoms with E-state index < -0.39 is 23.6 Å². The SMILES string of the molecule is C[C@H](Cc1ccccc1C(F)(F)F)C(=O)O. The highest BCUT2D eigenvalue weighted by molar-refractivity contribution is 5.70. The Kier molecular flexibility index (Phi) is 3.57. The van der Waals surface area contributed by atoms with E-state index in [-0.39, 0.29) is 12.0 Å². The first-order valence-corrected chi connectivity index (χ1v) is 4.70.